The van der Waals surface area contributed by atoms with Crippen molar-refractivity contribution in [2.45, 2.75) is 26.7 Å². The van der Waals surface area contributed by atoms with E-state index in [1.165, 1.54) is 12.8 Å². The molecule has 0 saturated carbocycles. The second-order valence-corrected chi connectivity index (χ2v) is 7.56. The van der Waals surface area contributed by atoms with Crippen LogP contribution in [0.3, 0.4) is 0 Å². The van der Waals surface area contributed by atoms with Crippen molar-refractivity contribution in [1.82, 2.24) is 29.5 Å². The molecule has 0 radical (unpaired) electrons. The van der Waals surface area contributed by atoms with Gasteiger partial charge in [-0.1, -0.05) is 0 Å². The van der Waals surface area contributed by atoms with Gasteiger partial charge in [0, 0.05) is 62.8 Å². The number of rotatable bonds is 3. The first-order chi connectivity index (χ1) is 13.7. The number of hydrogen-bond donors (Lipinski definition) is 0. The van der Waals surface area contributed by atoms with Crippen LogP contribution in [0.5, 0.6) is 0 Å². The maximum absolute atomic E-state index is 4.88. The summed E-state index contributed by atoms with van der Waals surface area (Å²) in [6.45, 7) is 9.81. The molecule has 3 aromatic heterocycles. The number of anilines is 3. The number of hydrogen-bond acceptors (Lipinski definition) is 8. The number of piperazine rings is 1. The van der Waals surface area contributed by atoms with E-state index in [2.05, 4.69) is 53.8 Å². The summed E-state index contributed by atoms with van der Waals surface area (Å²) in [6.07, 6.45) is 4.02. The zero-order chi connectivity index (χ0) is 19.1. The van der Waals surface area contributed by atoms with Crippen LogP contribution in [0.15, 0.2) is 18.5 Å². The third-order valence-electron chi connectivity index (χ3n) is 5.51. The van der Waals surface area contributed by atoms with Crippen molar-refractivity contribution in [3.05, 3.63) is 29.8 Å². The quantitative estimate of drug-likeness (QED) is 0.677. The van der Waals surface area contributed by atoms with Gasteiger partial charge in [-0.15, -0.1) is 0 Å². The Morgan fingerprint density at radius 3 is 2.25 bits per heavy atom. The smallest absolute Gasteiger partial charge is 0.254 e. The van der Waals surface area contributed by atoms with Crippen LogP contribution in [0.25, 0.3) is 5.78 Å². The number of fused-ring (bicyclic) bond motifs is 1. The van der Waals surface area contributed by atoms with E-state index in [4.69, 9.17) is 4.98 Å². The Kier molecular flexibility index (Phi) is 4.22. The van der Waals surface area contributed by atoms with Crippen LogP contribution < -0.4 is 14.7 Å². The van der Waals surface area contributed by atoms with E-state index in [1.807, 2.05) is 11.4 Å². The molecular formula is C19H25N9. The Bertz CT molecular complexity index is 984. The van der Waals surface area contributed by atoms with Gasteiger partial charge in [-0.2, -0.15) is 19.6 Å². The van der Waals surface area contributed by atoms with Gasteiger partial charge >= 0.3 is 0 Å². The summed E-state index contributed by atoms with van der Waals surface area (Å²) in [5.41, 5.74) is 1.99. The fourth-order valence-electron chi connectivity index (χ4n) is 4.06. The summed E-state index contributed by atoms with van der Waals surface area (Å²) in [5.74, 6) is 3.62. The molecule has 2 fully saturated rings. The number of aromatic nitrogens is 6. The molecule has 0 unspecified atom stereocenters. The van der Waals surface area contributed by atoms with Gasteiger partial charge in [0.15, 0.2) is 0 Å². The van der Waals surface area contributed by atoms with Gasteiger partial charge in [0.05, 0.1) is 0 Å². The third-order valence-corrected chi connectivity index (χ3v) is 5.51. The minimum absolute atomic E-state index is 0.652. The minimum Gasteiger partial charge on any atom is -0.353 e. The maximum atomic E-state index is 4.88. The van der Waals surface area contributed by atoms with E-state index in [1.54, 1.807) is 6.33 Å². The average molecular weight is 379 g/mol. The molecule has 0 bridgehead atoms. The van der Waals surface area contributed by atoms with E-state index >= 15 is 0 Å². The number of nitrogens with zero attached hydrogens (tertiary/aromatic N) is 9. The van der Waals surface area contributed by atoms with E-state index in [9.17, 15) is 0 Å². The zero-order valence-corrected chi connectivity index (χ0v) is 16.4. The van der Waals surface area contributed by atoms with Crippen LogP contribution >= 0.6 is 0 Å². The van der Waals surface area contributed by atoms with Gasteiger partial charge in [0.2, 0.25) is 5.95 Å². The standard InChI is InChI=1S/C19H25N9/c1-14-11-16(24-19(23-14)27-5-3-4-6-27)25-7-9-26(10-8-25)17-12-15(2)22-18-20-13-21-28(17)18/h11-13H,3-10H2,1-2H3. The lowest BCUT2D eigenvalue weighted by Gasteiger charge is -2.36. The largest absolute Gasteiger partial charge is 0.353 e. The van der Waals surface area contributed by atoms with E-state index in [-0.39, 0.29) is 0 Å². The van der Waals surface area contributed by atoms with Crippen LogP contribution in [0, 0.1) is 13.8 Å². The Morgan fingerprint density at radius 1 is 0.750 bits per heavy atom. The van der Waals surface area contributed by atoms with Crippen molar-refractivity contribution in [3.63, 3.8) is 0 Å². The maximum Gasteiger partial charge on any atom is 0.254 e. The van der Waals surface area contributed by atoms with Crippen LogP contribution in [0.4, 0.5) is 17.6 Å². The normalized spacial score (nSPS) is 17.7. The molecule has 3 aromatic rings. The molecule has 0 amide bonds. The molecule has 2 aliphatic heterocycles. The summed E-state index contributed by atoms with van der Waals surface area (Å²) >= 11 is 0. The lowest BCUT2D eigenvalue weighted by molar-refractivity contribution is 0.631. The van der Waals surface area contributed by atoms with E-state index < -0.39 is 0 Å². The first kappa shape index (κ1) is 17.2. The van der Waals surface area contributed by atoms with Gasteiger partial charge in [0.1, 0.15) is 18.0 Å². The summed E-state index contributed by atoms with van der Waals surface area (Å²) in [4.78, 5) is 25.2. The monoisotopic (exact) mass is 379 g/mol. The zero-order valence-electron chi connectivity index (χ0n) is 16.4. The summed E-state index contributed by atoms with van der Waals surface area (Å²) in [7, 11) is 0. The predicted molar refractivity (Wildman–Crippen MR) is 108 cm³/mol. The second-order valence-electron chi connectivity index (χ2n) is 7.56. The van der Waals surface area contributed by atoms with Crippen molar-refractivity contribution >= 4 is 23.4 Å². The van der Waals surface area contributed by atoms with Crippen LogP contribution in [0.2, 0.25) is 0 Å². The SMILES string of the molecule is Cc1cc(N2CCN(c3cc(C)nc4ncnn34)CC2)nc(N2CCCC2)n1. The van der Waals surface area contributed by atoms with Crippen molar-refractivity contribution in [2.24, 2.45) is 0 Å². The Hall–Kier alpha value is -2.97. The predicted octanol–water partition coefficient (Wildman–Crippen LogP) is 1.46. The van der Waals surface area contributed by atoms with Gasteiger partial charge in [-0.25, -0.2) is 9.97 Å². The molecule has 0 N–H and O–H groups in total. The van der Waals surface area contributed by atoms with Gasteiger partial charge in [-0.05, 0) is 26.7 Å². The fraction of sp³-hybridized carbons (Fsp3) is 0.526. The highest BCUT2D eigenvalue weighted by atomic mass is 15.4. The highest BCUT2D eigenvalue weighted by Gasteiger charge is 2.23. The third kappa shape index (κ3) is 3.10. The van der Waals surface area contributed by atoms with Gasteiger partial charge in [0.25, 0.3) is 5.78 Å². The molecule has 2 aliphatic rings. The van der Waals surface area contributed by atoms with Crippen molar-refractivity contribution in [2.75, 3.05) is 54.0 Å². The summed E-state index contributed by atoms with van der Waals surface area (Å²) in [6, 6.07) is 4.18. The molecule has 0 atom stereocenters. The topological polar surface area (TPSA) is 78.6 Å². The Balaban J connectivity index is 1.35. The molecule has 5 rings (SSSR count). The lowest BCUT2D eigenvalue weighted by Crippen LogP contribution is -2.47. The van der Waals surface area contributed by atoms with E-state index in [0.717, 1.165) is 68.2 Å². The first-order valence-electron chi connectivity index (χ1n) is 9.95. The summed E-state index contributed by atoms with van der Waals surface area (Å²) in [5, 5.41) is 4.34. The molecule has 2 saturated heterocycles. The molecule has 28 heavy (non-hydrogen) atoms. The second kappa shape index (κ2) is 6.88. The molecule has 0 aliphatic carbocycles. The van der Waals surface area contributed by atoms with Gasteiger partial charge < -0.3 is 14.7 Å². The van der Waals surface area contributed by atoms with Crippen molar-refractivity contribution < 1.29 is 0 Å². The van der Waals surface area contributed by atoms with Crippen molar-refractivity contribution in [3.8, 4) is 0 Å². The Labute approximate surface area is 164 Å². The summed E-state index contributed by atoms with van der Waals surface area (Å²) < 4.78 is 1.82. The van der Waals surface area contributed by atoms with Gasteiger partial charge in [-0.3, -0.25) is 0 Å². The molecular weight excluding hydrogens is 354 g/mol. The first-order valence-corrected chi connectivity index (χ1v) is 9.95. The van der Waals surface area contributed by atoms with Crippen LogP contribution in [-0.2, 0) is 0 Å². The van der Waals surface area contributed by atoms with Crippen LogP contribution in [0.1, 0.15) is 24.2 Å². The molecule has 9 heteroatoms. The molecule has 0 spiro atoms. The molecule has 9 nitrogen and oxygen atoms in total. The molecule has 0 aromatic carbocycles. The van der Waals surface area contributed by atoms with E-state index in [0.29, 0.717) is 5.78 Å². The van der Waals surface area contributed by atoms with Crippen LogP contribution in [-0.4, -0.2) is 68.8 Å². The highest BCUT2D eigenvalue weighted by molar-refractivity contribution is 5.51. The molecule has 5 heterocycles. The number of aryl methyl sites for hydroxylation is 2. The van der Waals surface area contributed by atoms with Crippen molar-refractivity contribution in [1.29, 1.82) is 0 Å². The Morgan fingerprint density at radius 2 is 1.46 bits per heavy atom. The fourth-order valence-corrected chi connectivity index (χ4v) is 4.06. The average Bonchev–Trinajstić information content (AvgIpc) is 3.39. The lowest BCUT2D eigenvalue weighted by atomic mass is 10.3. The molecule has 146 valence electrons. The minimum atomic E-state index is 0.652. The highest BCUT2D eigenvalue weighted by Crippen LogP contribution is 2.23.